The van der Waals surface area contributed by atoms with Crippen molar-refractivity contribution in [3.8, 4) is 5.75 Å². The topological polar surface area (TPSA) is 85.9 Å². The zero-order chi connectivity index (χ0) is 21.0. The molecule has 0 unspecified atom stereocenters. The zero-order valence-electron chi connectivity index (χ0n) is 14.9. The van der Waals surface area contributed by atoms with Gasteiger partial charge in [-0.05, 0) is 48.5 Å². The smallest absolute Gasteiger partial charge is 0.425 e. The van der Waals surface area contributed by atoms with E-state index < -0.39 is 24.7 Å². The average Bonchev–Trinajstić information content (AvgIpc) is 3.07. The maximum Gasteiger partial charge on any atom is 0.425 e. The molecule has 154 valence electrons. The number of nitrogens with zero attached hydrogens (tertiary/aromatic N) is 1. The first-order valence-electron chi connectivity index (χ1n) is 8.57. The Bertz CT molecular complexity index is 886. The third kappa shape index (κ3) is 5.77. The maximum absolute atomic E-state index is 13.3. The summed E-state index contributed by atoms with van der Waals surface area (Å²) in [4.78, 5) is 16.0. The van der Waals surface area contributed by atoms with Gasteiger partial charge in [-0.2, -0.15) is 13.2 Å². The van der Waals surface area contributed by atoms with Crippen LogP contribution in [0.15, 0.2) is 53.5 Å². The number of aliphatic imine (C=N–C) groups is 1. The maximum atomic E-state index is 13.3. The van der Waals surface area contributed by atoms with Crippen LogP contribution in [0.4, 0.5) is 18.9 Å². The first kappa shape index (κ1) is 20.8. The number of amidine groups is 1. The predicted octanol–water partition coefficient (Wildman–Crippen LogP) is 4.01. The summed E-state index contributed by atoms with van der Waals surface area (Å²) in [6.07, 6.45) is -7.08. The molecule has 0 fully saturated rings. The van der Waals surface area contributed by atoms with Crippen molar-refractivity contribution in [3.05, 3.63) is 59.1 Å². The molecule has 29 heavy (non-hydrogen) atoms. The van der Waals surface area contributed by atoms with Gasteiger partial charge in [-0.1, -0.05) is 11.6 Å². The highest BCUT2D eigenvalue weighted by Crippen LogP contribution is 2.30. The Morgan fingerprint density at radius 2 is 1.90 bits per heavy atom. The molecule has 3 rings (SSSR count). The number of amides is 1. The van der Waals surface area contributed by atoms with Crippen LogP contribution >= 0.6 is 11.6 Å². The first-order chi connectivity index (χ1) is 13.7. The van der Waals surface area contributed by atoms with Crippen LogP contribution in [0.2, 0.25) is 5.02 Å². The van der Waals surface area contributed by atoms with Crippen molar-refractivity contribution in [2.45, 2.75) is 24.7 Å². The molecule has 2 aromatic rings. The second kappa shape index (κ2) is 8.60. The van der Waals surface area contributed by atoms with Crippen molar-refractivity contribution in [1.29, 1.82) is 0 Å². The molecular weight excluding hydrogens is 411 g/mol. The number of ether oxygens (including phenoxy) is 2. The Kier molecular flexibility index (Phi) is 6.17. The second-order valence-corrected chi connectivity index (χ2v) is 6.74. The van der Waals surface area contributed by atoms with Gasteiger partial charge >= 0.3 is 6.18 Å². The number of carbonyl (C=O) groups is 1. The number of carbonyl (C=O) groups excluding carboxylic acids is 1. The van der Waals surface area contributed by atoms with Gasteiger partial charge in [-0.25, -0.2) is 4.99 Å². The molecule has 10 heteroatoms. The molecule has 1 amide bonds. The minimum absolute atomic E-state index is 0.00711. The molecule has 6 nitrogen and oxygen atoms in total. The van der Waals surface area contributed by atoms with Crippen LogP contribution in [0.3, 0.4) is 0 Å². The van der Waals surface area contributed by atoms with E-state index in [4.69, 9.17) is 26.8 Å². The van der Waals surface area contributed by atoms with Gasteiger partial charge in [0.2, 0.25) is 0 Å². The van der Waals surface area contributed by atoms with Gasteiger partial charge in [0, 0.05) is 22.7 Å². The van der Waals surface area contributed by atoms with Crippen LogP contribution < -0.4 is 15.8 Å². The standard InChI is InChI=1S/C19H17ClF3N3O3/c20-12-3-1-11(2-4-12)17(27)25-13-5-7-15(8-6-13)29-16(19(21,22)23)9-14-10-28-18(24)26-14/h1-8,14,16H,9-10H2,(H2,24,26)(H,25,27)/t14-,16+/m0/s1. The summed E-state index contributed by atoms with van der Waals surface area (Å²) in [6.45, 7) is -0.0164. The highest BCUT2D eigenvalue weighted by Gasteiger charge is 2.43. The number of alkyl halides is 3. The third-order valence-corrected chi connectivity index (χ3v) is 4.33. The number of benzene rings is 2. The molecule has 1 aliphatic rings. The minimum Gasteiger partial charge on any atom is -0.481 e. The van der Waals surface area contributed by atoms with E-state index in [1.165, 1.54) is 24.3 Å². The van der Waals surface area contributed by atoms with Crippen LogP contribution in [-0.2, 0) is 4.74 Å². The molecule has 0 aliphatic carbocycles. The van der Waals surface area contributed by atoms with Gasteiger partial charge in [0.1, 0.15) is 12.4 Å². The molecule has 0 radical (unpaired) electrons. The fourth-order valence-corrected chi connectivity index (χ4v) is 2.76. The Hall–Kier alpha value is -2.94. The van der Waals surface area contributed by atoms with Crippen molar-refractivity contribution in [2.75, 3.05) is 11.9 Å². The zero-order valence-corrected chi connectivity index (χ0v) is 15.7. The van der Waals surface area contributed by atoms with E-state index >= 15 is 0 Å². The minimum atomic E-state index is -4.59. The third-order valence-electron chi connectivity index (χ3n) is 4.08. The van der Waals surface area contributed by atoms with E-state index in [1.807, 2.05) is 0 Å². The second-order valence-electron chi connectivity index (χ2n) is 6.30. The van der Waals surface area contributed by atoms with Gasteiger partial charge in [-0.15, -0.1) is 0 Å². The van der Waals surface area contributed by atoms with Crippen LogP contribution in [-0.4, -0.2) is 36.9 Å². The number of hydrogen-bond donors (Lipinski definition) is 2. The van der Waals surface area contributed by atoms with E-state index in [1.54, 1.807) is 24.3 Å². The summed E-state index contributed by atoms with van der Waals surface area (Å²) in [5.41, 5.74) is 6.13. The van der Waals surface area contributed by atoms with Crippen LogP contribution in [0.5, 0.6) is 5.75 Å². The molecule has 0 saturated heterocycles. The van der Waals surface area contributed by atoms with Gasteiger partial charge in [0.15, 0.2) is 6.10 Å². The largest absolute Gasteiger partial charge is 0.481 e. The van der Waals surface area contributed by atoms with Crippen molar-refractivity contribution in [2.24, 2.45) is 10.7 Å². The highest BCUT2D eigenvalue weighted by molar-refractivity contribution is 6.30. The van der Waals surface area contributed by atoms with Crippen LogP contribution in [0.1, 0.15) is 16.8 Å². The summed E-state index contributed by atoms with van der Waals surface area (Å²) >= 11 is 5.78. The first-order valence-corrected chi connectivity index (χ1v) is 8.95. The Morgan fingerprint density at radius 1 is 1.24 bits per heavy atom. The van der Waals surface area contributed by atoms with E-state index in [-0.39, 0.29) is 24.3 Å². The number of hydrogen-bond acceptors (Lipinski definition) is 5. The van der Waals surface area contributed by atoms with Crippen molar-refractivity contribution in [3.63, 3.8) is 0 Å². The quantitative estimate of drug-likeness (QED) is 0.729. The number of rotatable bonds is 6. The normalized spacial score (nSPS) is 17.2. The van der Waals surface area contributed by atoms with Gasteiger partial charge in [-0.3, -0.25) is 4.79 Å². The van der Waals surface area contributed by atoms with Crippen molar-refractivity contribution >= 4 is 29.2 Å². The van der Waals surface area contributed by atoms with Gasteiger partial charge in [0.25, 0.3) is 11.9 Å². The van der Waals surface area contributed by atoms with Crippen molar-refractivity contribution in [1.82, 2.24) is 0 Å². The Labute approximate surface area is 169 Å². The monoisotopic (exact) mass is 427 g/mol. The number of nitrogens with one attached hydrogen (secondary N) is 1. The predicted molar refractivity (Wildman–Crippen MR) is 102 cm³/mol. The molecule has 2 aromatic carbocycles. The van der Waals surface area contributed by atoms with E-state index in [2.05, 4.69) is 10.3 Å². The molecule has 0 aromatic heterocycles. The molecule has 0 bridgehead atoms. The molecule has 0 spiro atoms. The SMILES string of the molecule is NC1=N[C@@H](C[C@@H](Oc2ccc(NC(=O)c3ccc(Cl)cc3)cc2)C(F)(F)F)CO1. The van der Waals surface area contributed by atoms with Crippen LogP contribution in [0, 0.1) is 0 Å². The van der Waals surface area contributed by atoms with E-state index in [9.17, 15) is 18.0 Å². The molecule has 2 atom stereocenters. The number of anilines is 1. The summed E-state index contributed by atoms with van der Waals surface area (Å²) in [6, 6.07) is 11.0. The lowest BCUT2D eigenvalue weighted by atomic mass is 10.1. The summed E-state index contributed by atoms with van der Waals surface area (Å²) in [7, 11) is 0. The lowest BCUT2D eigenvalue weighted by Crippen LogP contribution is -2.37. The summed E-state index contributed by atoms with van der Waals surface area (Å²) < 4.78 is 49.9. The van der Waals surface area contributed by atoms with Gasteiger partial charge < -0.3 is 20.5 Å². The van der Waals surface area contributed by atoms with Gasteiger partial charge in [0.05, 0.1) is 6.04 Å². The highest BCUT2D eigenvalue weighted by atomic mass is 35.5. The fraction of sp³-hybridized carbons (Fsp3) is 0.263. The lowest BCUT2D eigenvalue weighted by molar-refractivity contribution is -0.197. The van der Waals surface area contributed by atoms with E-state index in [0.717, 1.165) is 0 Å². The van der Waals surface area contributed by atoms with Crippen LogP contribution in [0.25, 0.3) is 0 Å². The van der Waals surface area contributed by atoms with E-state index in [0.29, 0.717) is 16.3 Å². The molecular formula is C19H17ClF3N3O3. The fourth-order valence-electron chi connectivity index (χ4n) is 2.64. The Morgan fingerprint density at radius 3 is 2.45 bits per heavy atom. The summed E-state index contributed by atoms with van der Waals surface area (Å²) in [5.74, 6) is -0.368. The number of nitrogens with two attached hydrogens (primary N) is 1. The Balaban J connectivity index is 1.63. The van der Waals surface area contributed by atoms with Crippen molar-refractivity contribution < 1.29 is 27.4 Å². The average molecular weight is 428 g/mol. The molecule has 1 aliphatic heterocycles. The summed E-state index contributed by atoms with van der Waals surface area (Å²) in [5, 5.41) is 3.14. The number of halogens is 4. The molecule has 0 saturated carbocycles. The molecule has 3 N–H and O–H groups in total. The lowest BCUT2D eigenvalue weighted by Gasteiger charge is -2.23. The molecule has 1 heterocycles.